The Bertz CT molecular complexity index is 1350. The Morgan fingerprint density at radius 3 is 2.62 bits per heavy atom. The van der Waals surface area contributed by atoms with Crippen molar-refractivity contribution in [1.82, 2.24) is 36.2 Å². The summed E-state index contributed by atoms with van der Waals surface area (Å²) in [5.74, 6) is -1.58. The highest BCUT2D eigenvalue weighted by Gasteiger charge is 2.39. The van der Waals surface area contributed by atoms with E-state index in [9.17, 15) is 19.2 Å². The Kier molecular flexibility index (Phi) is 7.66. The van der Waals surface area contributed by atoms with Crippen LogP contribution in [-0.4, -0.2) is 60.4 Å². The lowest BCUT2D eigenvalue weighted by Gasteiger charge is -2.25. The molecule has 1 aliphatic heterocycles. The van der Waals surface area contributed by atoms with Gasteiger partial charge in [-0.05, 0) is 42.5 Å². The number of carbonyl (C=O) groups is 4. The van der Waals surface area contributed by atoms with Gasteiger partial charge in [-0.3, -0.25) is 24.1 Å². The quantitative estimate of drug-likeness (QED) is 0.260. The van der Waals surface area contributed by atoms with Crippen molar-refractivity contribution in [3.05, 3.63) is 59.2 Å². The first kappa shape index (κ1) is 26.1. The molecular formula is C26H30N8O5. The normalized spacial score (nSPS) is 17.5. The zero-order valence-corrected chi connectivity index (χ0v) is 21.2. The molecule has 2 aromatic heterocycles. The van der Waals surface area contributed by atoms with Gasteiger partial charge < -0.3 is 20.7 Å². The number of carboxylic acid groups (broad SMARTS) is 1. The molecule has 1 fully saturated rings. The second kappa shape index (κ2) is 11.5. The summed E-state index contributed by atoms with van der Waals surface area (Å²) in [4.78, 5) is 55.1. The number of carbonyl (C=O) groups excluding carboxylic acids is 3. The van der Waals surface area contributed by atoms with Crippen LogP contribution in [0.4, 0.5) is 5.69 Å². The van der Waals surface area contributed by atoms with Crippen molar-refractivity contribution in [3.8, 4) is 0 Å². The fraction of sp³-hybridized carbons (Fsp3) is 0.423. The van der Waals surface area contributed by atoms with Gasteiger partial charge in [-0.25, -0.2) is 0 Å². The third-order valence-corrected chi connectivity index (χ3v) is 7.34. The summed E-state index contributed by atoms with van der Waals surface area (Å²) in [6.45, 7) is 0.0709. The molecule has 1 aliphatic carbocycles. The minimum atomic E-state index is -1.03. The molecule has 1 aromatic carbocycles. The first-order valence-corrected chi connectivity index (χ1v) is 13.0. The minimum absolute atomic E-state index is 0.0709. The largest absolute Gasteiger partial charge is 0.481 e. The number of hydrogen-bond donors (Lipinski definition) is 5. The number of amides is 3. The van der Waals surface area contributed by atoms with E-state index >= 15 is 0 Å². The van der Waals surface area contributed by atoms with Crippen LogP contribution >= 0.6 is 0 Å². The zero-order valence-electron chi connectivity index (χ0n) is 21.2. The summed E-state index contributed by atoms with van der Waals surface area (Å²) < 4.78 is 0. The molecule has 0 radical (unpaired) electrons. The number of H-pyrrole nitrogens is 2. The number of tetrazole rings is 1. The average Bonchev–Trinajstić information content (AvgIpc) is 3.74. The summed E-state index contributed by atoms with van der Waals surface area (Å²) in [7, 11) is 0. The monoisotopic (exact) mass is 534 g/mol. The predicted octanol–water partition coefficient (Wildman–Crippen LogP) is 1.63. The summed E-state index contributed by atoms with van der Waals surface area (Å²) in [5, 5.41) is 28.2. The van der Waals surface area contributed by atoms with Crippen LogP contribution in [0.3, 0.4) is 0 Å². The van der Waals surface area contributed by atoms with Gasteiger partial charge in [0.1, 0.15) is 11.7 Å². The molecule has 0 spiro atoms. The van der Waals surface area contributed by atoms with E-state index in [1.807, 2.05) is 24.3 Å². The van der Waals surface area contributed by atoms with E-state index in [-0.39, 0.29) is 49.1 Å². The molecule has 1 saturated carbocycles. The highest BCUT2D eigenvalue weighted by Crippen LogP contribution is 2.37. The smallest absolute Gasteiger partial charge is 0.303 e. The number of fused-ring (bicyclic) bond motifs is 1. The molecule has 3 aromatic rings. The number of aliphatic carboxylic acids is 1. The number of aromatic nitrogens is 5. The van der Waals surface area contributed by atoms with Gasteiger partial charge in [-0.15, -0.1) is 10.2 Å². The molecule has 204 valence electrons. The lowest BCUT2D eigenvalue weighted by molar-refractivity contribution is -0.139. The Labute approximate surface area is 223 Å². The van der Waals surface area contributed by atoms with Crippen LogP contribution in [0, 0.1) is 5.92 Å². The van der Waals surface area contributed by atoms with E-state index in [2.05, 4.69) is 36.2 Å². The van der Waals surface area contributed by atoms with Crippen molar-refractivity contribution in [2.45, 2.75) is 63.6 Å². The van der Waals surface area contributed by atoms with E-state index in [0.717, 1.165) is 31.2 Å². The standard InChI is InChI=1S/C26H30N8O5/c35-22(11-12-23(36)37)29-24(15-5-1-2-6-15)17-9-10-18(28-17)26(39)34-19-8-4-3-7-16(19)13-20(34)25(38)27-14-21-30-32-33-31-21/h3-4,7-10,15,20,24,28H,1-2,5-6,11-14H2,(H,27,38)(H,29,35)(H,36,37)(H,30,31,32,33)/t20-,24?/m0/s1. The highest BCUT2D eigenvalue weighted by molar-refractivity contribution is 6.10. The van der Waals surface area contributed by atoms with Gasteiger partial charge in [0.05, 0.1) is 19.0 Å². The second-order valence-corrected chi connectivity index (χ2v) is 9.88. The molecule has 39 heavy (non-hydrogen) atoms. The first-order chi connectivity index (χ1) is 18.9. The van der Waals surface area contributed by atoms with Crippen LogP contribution in [0.5, 0.6) is 0 Å². The van der Waals surface area contributed by atoms with Gasteiger partial charge in [-0.2, -0.15) is 5.21 Å². The summed E-state index contributed by atoms with van der Waals surface area (Å²) in [6.07, 6.45) is 3.94. The Balaban J connectivity index is 1.36. The molecule has 2 atom stereocenters. The van der Waals surface area contributed by atoms with Crippen LogP contribution in [0.2, 0.25) is 0 Å². The SMILES string of the molecule is O=C(O)CCC(=O)NC(c1ccc(C(=O)N2c3ccccc3C[C@H]2C(=O)NCc2nn[nH]n2)[nH]1)C1CCCC1. The molecule has 1 unspecified atom stereocenters. The predicted molar refractivity (Wildman–Crippen MR) is 137 cm³/mol. The second-order valence-electron chi connectivity index (χ2n) is 9.88. The molecule has 5 rings (SSSR count). The van der Waals surface area contributed by atoms with Gasteiger partial charge in [0.25, 0.3) is 5.91 Å². The average molecular weight is 535 g/mol. The van der Waals surface area contributed by atoms with E-state index in [1.165, 1.54) is 4.90 Å². The van der Waals surface area contributed by atoms with Crippen molar-refractivity contribution >= 4 is 29.4 Å². The van der Waals surface area contributed by atoms with Gasteiger partial charge >= 0.3 is 5.97 Å². The molecule has 5 N–H and O–H groups in total. The number of nitrogens with one attached hydrogen (secondary N) is 4. The number of para-hydroxylation sites is 1. The van der Waals surface area contributed by atoms with E-state index in [4.69, 9.17) is 5.11 Å². The van der Waals surface area contributed by atoms with Gasteiger partial charge in [0.2, 0.25) is 11.8 Å². The third-order valence-electron chi connectivity index (χ3n) is 7.34. The lowest BCUT2D eigenvalue weighted by Crippen LogP contribution is -2.48. The maximum atomic E-state index is 13.8. The van der Waals surface area contributed by atoms with E-state index in [1.54, 1.807) is 12.1 Å². The summed E-state index contributed by atoms with van der Waals surface area (Å²) >= 11 is 0. The molecule has 13 nitrogen and oxygen atoms in total. The lowest BCUT2D eigenvalue weighted by atomic mass is 9.95. The van der Waals surface area contributed by atoms with Crippen molar-refractivity contribution in [2.24, 2.45) is 5.92 Å². The number of aromatic amines is 2. The minimum Gasteiger partial charge on any atom is -0.481 e. The van der Waals surface area contributed by atoms with Crippen molar-refractivity contribution in [2.75, 3.05) is 4.90 Å². The van der Waals surface area contributed by atoms with Crippen LogP contribution in [-0.2, 0) is 27.3 Å². The Morgan fingerprint density at radius 1 is 1.08 bits per heavy atom. The molecule has 2 aliphatic rings. The molecule has 0 bridgehead atoms. The van der Waals surface area contributed by atoms with E-state index in [0.29, 0.717) is 29.3 Å². The number of hydrogen-bond acceptors (Lipinski definition) is 7. The summed E-state index contributed by atoms with van der Waals surface area (Å²) in [6, 6.07) is 9.71. The molecule has 3 amide bonds. The van der Waals surface area contributed by atoms with Crippen LogP contribution in [0.25, 0.3) is 0 Å². The fourth-order valence-corrected chi connectivity index (χ4v) is 5.44. The number of anilines is 1. The fourth-order valence-electron chi connectivity index (χ4n) is 5.44. The number of benzene rings is 1. The maximum absolute atomic E-state index is 13.8. The Morgan fingerprint density at radius 2 is 1.87 bits per heavy atom. The Hall–Kier alpha value is -4.55. The molecule has 0 saturated heterocycles. The topological polar surface area (TPSA) is 186 Å². The van der Waals surface area contributed by atoms with Crippen molar-refractivity contribution < 1.29 is 24.3 Å². The van der Waals surface area contributed by atoms with E-state index < -0.39 is 12.0 Å². The van der Waals surface area contributed by atoms with Gasteiger partial charge in [-0.1, -0.05) is 36.3 Å². The maximum Gasteiger partial charge on any atom is 0.303 e. The number of nitrogens with zero attached hydrogens (tertiary/aromatic N) is 4. The summed E-state index contributed by atoms with van der Waals surface area (Å²) in [5.41, 5.74) is 2.51. The highest BCUT2D eigenvalue weighted by atomic mass is 16.4. The van der Waals surface area contributed by atoms with Crippen molar-refractivity contribution in [3.63, 3.8) is 0 Å². The van der Waals surface area contributed by atoms with Gasteiger partial charge in [0, 0.05) is 24.2 Å². The zero-order chi connectivity index (χ0) is 27.4. The molecule has 13 heteroatoms. The van der Waals surface area contributed by atoms with Crippen LogP contribution < -0.4 is 15.5 Å². The third kappa shape index (κ3) is 5.81. The number of carboxylic acids is 1. The van der Waals surface area contributed by atoms with Crippen LogP contribution in [0.1, 0.15) is 72.1 Å². The molecular weight excluding hydrogens is 504 g/mol. The first-order valence-electron chi connectivity index (χ1n) is 13.0. The van der Waals surface area contributed by atoms with Gasteiger partial charge in [0.15, 0.2) is 5.82 Å². The van der Waals surface area contributed by atoms with Crippen molar-refractivity contribution in [1.29, 1.82) is 0 Å². The number of rotatable bonds is 10. The van der Waals surface area contributed by atoms with Crippen LogP contribution in [0.15, 0.2) is 36.4 Å². The molecule has 3 heterocycles.